The largest absolute Gasteiger partial charge is 0.493 e. The van der Waals surface area contributed by atoms with Crippen LogP contribution in [0.1, 0.15) is 43.2 Å². The molecule has 0 spiro atoms. The monoisotopic (exact) mass is 516 g/mol. The number of rotatable bonds is 9. The summed E-state index contributed by atoms with van der Waals surface area (Å²) in [6.45, 7) is 3.55. The lowest BCUT2D eigenvalue weighted by molar-refractivity contribution is -0.141. The van der Waals surface area contributed by atoms with Gasteiger partial charge in [0.1, 0.15) is 17.5 Å². The van der Waals surface area contributed by atoms with E-state index < -0.39 is 11.9 Å². The van der Waals surface area contributed by atoms with Gasteiger partial charge in [-0.1, -0.05) is 29.8 Å². The maximum Gasteiger partial charge on any atom is 0.336 e. The van der Waals surface area contributed by atoms with Crippen molar-refractivity contribution in [3.05, 3.63) is 70.1 Å². The zero-order chi connectivity index (χ0) is 24.8. The van der Waals surface area contributed by atoms with E-state index >= 15 is 0 Å². The van der Waals surface area contributed by atoms with Crippen molar-refractivity contribution in [3.63, 3.8) is 0 Å². The molecule has 0 aliphatic carbocycles. The Bertz CT molecular complexity index is 1070. The van der Waals surface area contributed by atoms with Crippen molar-refractivity contribution in [2.75, 3.05) is 25.5 Å². The molecule has 0 unspecified atom stereocenters. The molecule has 0 saturated carbocycles. The summed E-state index contributed by atoms with van der Waals surface area (Å²) in [6, 6.07) is 10.8. The second kappa shape index (κ2) is 11.9. The minimum absolute atomic E-state index is 0.0248. The number of allylic oxidation sites excluding steroid dienone is 1. The van der Waals surface area contributed by atoms with Gasteiger partial charge in [0.2, 0.25) is 5.91 Å². The Hall–Kier alpha value is -2.55. The number of hydrogen-bond donors (Lipinski definition) is 1. The fourth-order valence-corrected chi connectivity index (χ4v) is 4.65. The predicted octanol–water partition coefficient (Wildman–Crippen LogP) is 4.56. The lowest BCUT2D eigenvalue weighted by atomic mass is 9.84. The van der Waals surface area contributed by atoms with E-state index in [9.17, 15) is 9.59 Å². The number of esters is 1. The van der Waals surface area contributed by atoms with Crippen LogP contribution in [0, 0.1) is 0 Å². The zero-order valence-corrected chi connectivity index (χ0v) is 21.3. The normalized spacial score (nSPS) is 20.3. The Labute approximate surface area is 215 Å². The van der Waals surface area contributed by atoms with Gasteiger partial charge in [0.05, 0.1) is 24.8 Å². The van der Waals surface area contributed by atoms with E-state index in [0.29, 0.717) is 41.9 Å². The Balaban J connectivity index is 1.55. The second-order valence-corrected chi connectivity index (χ2v) is 9.44. The molecule has 0 radical (unpaired) electrons. The average Bonchev–Trinajstić information content (AvgIpc) is 3.38. The van der Waals surface area contributed by atoms with Crippen LogP contribution in [0.4, 0.5) is 0 Å². The zero-order valence-electron chi connectivity index (χ0n) is 19.6. The standard InChI is InChI=1S/C26H29ClN2O5S/c1-17-25(26(31)34-16-18-4-7-20(8-5-18)33-11-12-35)22(19-6-9-23(27)28-14-19)13-24(30)29(17)15-21-3-2-10-32-21/h4-9,14,21-22,35H,2-3,10-13,15-16H2,1H3/t21-,22+/m0/s1. The van der Waals surface area contributed by atoms with Crippen LogP contribution in [-0.2, 0) is 25.7 Å². The first-order valence-electron chi connectivity index (χ1n) is 11.7. The highest BCUT2D eigenvalue weighted by Gasteiger charge is 2.38. The van der Waals surface area contributed by atoms with Gasteiger partial charge >= 0.3 is 5.97 Å². The van der Waals surface area contributed by atoms with E-state index in [1.54, 1.807) is 30.2 Å². The Morgan fingerprint density at radius 3 is 2.71 bits per heavy atom. The summed E-state index contributed by atoms with van der Waals surface area (Å²) in [5.41, 5.74) is 2.64. The van der Waals surface area contributed by atoms with Crippen molar-refractivity contribution < 1.29 is 23.8 Å². The first kappa shape index (κ1) is 25.5. The number of pyridine rings is 1. The molecule has 1 amide bonds. The van der Waals surface area contributed by atoms with Gasteiger partial charge in [0, 0.05) is 36.6 Å². The number of aromatic nitrogens is 1. The minimum Gasteiger partial charge on any atom is -0.493 e. The fourth-order valence-electron chi connectivity index (χ4n) is 4.44. The van der Waals surface area contributed by atoms with E-state index in [2.05, 4.69) is 17.6 Å². The Morgan fingerprint density at radius 1 is 1.26 bits per heavy atom. The molecule has 4 rings (SSSR count). The number of thiol groups is 1. The van der Waals surface area contributed by atoms with Gasteiger partial charge < -0.3 is 19.1 Å². The molecule has 7 nitrogen and oxygen atoms in total. The molecule has 2 aliphatic rings. The van der Waals surface area contributed by atoms with Crippen LogP contribution in [0.5, 0.6) is 5.75 Å². The molecule has 2 aliphatic heterocycles. The van der Waals surface area contributed by atoms with Crippen molar-refractivity contribution in [1.29, 1.82) is 0 Å². The fraction of sp³-hybridized carbons (Fsp3) is 0.423. The SMILES string of the molecule is CC1=C(C(=O)OCc2ccc(OCCS)cc2)[C@@H](c2ccc(Cl)nc2)CC(=O)N1C[C@@H]1CCCO1. The molecule has 9 heteroatoms. The Kier molecular flexibility index (Phi) is 8.70. The highest BCUT2D eigenvalue weighted by atomic mass is 35.5. The van der Waals surface area contributed by atoms with Crippen LogP contribution in [-0.4, -0.2) is 53.4 Å². The number of ether oxygens (including phenoxy) is 3. The van der Waals surface area contributed by atoms with E-state index in [-0.39, 0.29) is 25.0 Å². The topological polar surface area (TPSA) is 78.0 Å². The van der Waals surface area contributed by atoms with Gasteiger partial charge in [-0.2, -0.15) is 12.6 Å². The van der Waals surface area contributed by atoms with Crippen molar-refractivity contribution in [2.24, 2.45) is 0 Å². The van der Waals surface area contributed by atoms with Gasteiger partial charge in [0.15, 0.2) is 0 Å². The van der Waals surface area contributed by atoms with E-state index in [1.807, 2.05) is 24.3 Å². The molecule has 1 fully saturated rings. The molecule has 2 aromatic rings. The molecule has 3 heterocycles. The Morgan fingerprint density at radius 2 is 2.06 bits per heavy atom. The number of hydrogen-bond acceptors (Lipinski definition) is 7. The van der Waals surface area contributed by atoms with E-state index in [1.165, 1.54) is 0 Å². The van der Waals surface area contributed by atoms with Gasteiger partial charge in [-0.15, -0.1) is 0 Å². The molecular formula is C26H29ClN2O5S. The quantitative estimate of drug-likeness (QED) is 0.299. The maximum absolute atomic E-state index is 13.4. The van der Waals surface area contributed by atoms with Crippen molar-refractivity contribution in [2.45, 2.75) is 44.8 Å². The third kappa shape index (κ3) is 6.37. The number of carbonyl (C=O) groups is 2. The lowest BCUT2D eigenvalue weighted by Gasteiger charge is -2.35. The summed E-state index contributed by atoms with van der Waals surface area (Å²) in [5, 5.41) is 0.350. The highest BCUT2D eigenvalue weighted by Crippen LogP contribution is 2.37. The van der Waals surface area contributed by atoms with Crippen LogP contribution in [0.25, 0.3) is 0 Å². The average molecular weight is 517 g/mol. The second-order valence-electron chi connectivity index (χ2n) is 8.60. The van der Waals surface area contributed by atoms with Crippen LogP contribution >= 0.6 is 24.2 Å². The van der Waals surface area contributed by atoms with Gasteiger partial charge in [-0.25, -0.2) is 9.78 Å². The van der Waals surface area contributed by atoms with E-state index in [0.717, 1.165) is 29.7 Å². The van der Waals surface area contributed by atoms with Crippen LogP contribution < -0.4 is 4.74 Å². The van der Waals surface area contributed by atoms with Crippen molar-refractivity contribution >= 4 is 36.1 Å². The number of carbonyl (C=O) groups excluding carboxylic acids is 2. The van der Waals surface area contributed by atoms with Crippen LogP contribution in [0.15, 0.2) is 53.9 Å². The summed E-state index contributed by atoms with van der Waals surface area (Å²) in [5.74, 6) is 0.398. The summed E-state index contributed by atoms with van der Waals surface area (Å²) >= 11 is 10.1. The van der Waals surface area contributed by atoms with Crippen LogP contribution in [0.3, 0.4) is 0 Å². The predicted molar refractivity (Wildman–Crippen MR) is 136 cm³/mol. The number of benzene rings is 1. The lowest BCUT2D eigenvalue weighted by Crippen LogP contribution is -2.42. The molecule has 186 valence electrons. The summed E-state index contributed by atoms with van der Waals surface area (Å²) in [6.07, 6.45) is 3.61. The van der Waals surface area contributed by atoms with Crippen molar-refractivity contribution in [1.82, 2.24) is 9.88 Å². The molecular weight excluding hydrogens is 488 g/mol. The van der Waals surface area contributed by atoms with E-state index in [4.69, 9.17) is 25.8 Å². The summed E-state index contributed by atoms with van der Waals surface area (Å²) in [7, 11) is 0. The first-order chi connectivity index (χ1) is 17.0. The first-order valence-corrected chi connectivity index (χ1v) is 12.7. The molecule has 1 aromatic carbocycles. The highest BCUT2D eigenvalue weighted by molar-refractivity contribution is 7.80. The van der Waals surface area contributed by atoms with Gasteiger partial charge in [-0.05, 0) is 49.1 Å². The summed E-state index contributed by atoms with van der Waals surface area (Å²) in [4.78, 5) is 32.3. The maximum atomic E-state index is 13.4. The van der Waals surface area contributed by atoms with Gasteiger partial charge in [-0.3, -0.25) is 4.79 Å². The number of nitrogens with zero attached hydrogens (tertiary/aromatic N) is 2. The van der Waals surface area contributed by atoms with Gasteiger partial charge in [0.25, 0.3) is 0 Å². The third-order valence-electron chi connectivity index (χ3n) is 6.26. The third-order valence-corrected chi connectivity index (χ3v) is 6.67. The summed E-state index contributed by atoms with van der Waals surface area (Å²) < 4.78 is 17.0. The van der Waals surface area contributed by atoms with Crippen molar-refractivity contribution in [3.8, 4) is 5.75 Å². The molecule has 0 bridgehead atoms. The minimum atomic E-state index is -0.461. The molecule has 1 aromatic heterocycles. The molecule has 35 heavy (non-hydrogen) atoms. The number of amides is 1. The molecule has 2 atom stereocenters. The molecule has 1 saturated heterocycles. The number of halogens is 1. The smallest absolute Gasteiger partial charge is 0.336 e. The molecule has 0 N–H and O–H groups in total. The van der Waals surface area contributed by atoms with Crippen LogP contribution in [0.2, 0.25) is 5.15 Å².